The minimum Gasteiger partial charge on any atom is -0.495 e. The average molecular weight is 334 g/mol. The number of halogens is 1. The number of hydrogen-bond acceptors (Lipinski definition) is 5. The van der Waals surface area contributed by atoms with Crippen molar-refractivity contribution >= 4 is 44.7 Å². The summed E-state index contributed by atoms with van der Waals surface area (Å²) < 4.78 is 5.40. The first-order valence-electron chi connectivity index (χ1n) is 6.98. The van der Waals surface area contributed by atoms with Gasteiger partial charge in [-0.15, -0.1) is 11.3 Å². The molecule has 22 heavy (non-hydrogen) atoms. The smallest absolute Gasteiger partial charge is 0.225 e. The predicted molar refractivity (Wildman–Crippen MR) is 92.8 cm³/mol. The Labute approximate surface area is 138 Å². The molecule has 0 aliphatic heterocycles. The summed E-state index contributed by atoms with van der Waals surface area (Å²) in [7, 11) is 1.65. The van der Waals surface area contributed by atoms with E-state index in [0.717, 1.165) is 33.6 Å². The molecule has 1 N–H and O–H groups in total. The second kappa shape index (κ2) is 6.10. The summed E-state index contributed by atoms with van der Waals surface area (Å²) in [5.74, 6) is 1.47. The van der Waals surface area contributed by atoms with Crippen LogP contribution in [-0.4, -0.2) is 17.1 Å². The summed E-state index contributed by atoms with van der Waals surface area (Å²) in [6.45, 7) is 4.16. The first-order valence-corrected chi connectivity index (χ1v) is 8.17. The Morgan fingerprint density at radius 3 is 2.82 bits per heavy atom. The minimum atomic E-state index is 0.242. The van der Waals surface area contributed by atoms with Crippen LogP contribution >= 0.6 is 22.9 Å². The highest BCUT2D eigenvalue weighted by molar-refractivity contribution is 7.18. The minimum absolute atomic E-state index is 0.242. The topological polar surface area (TPSA) is 47.0 Å². The number of aryl methyl sites for hydroxylation is 2. The Kier molecular flexibility index (Phi) is 4.18. The summed E-state index contributed by atoms with van der Waals surface area (Å²) in [5.41, 5.74) is 2.00. The normalized spacial score (nSPS) is 10.9. The van der Waals surface area contributed by atoms with Crippen molar-refractivity contribution in [2.45, 2.75) is 20.3 Å². The lowest BCUT2D eigenvalue weighted by Gasteiger charge is -2.12. The molecular weight excluding hydrogens is 318 g/mol. The number of benzene rings is 1. The van der Waals surface area contributed by atoms with E-state index in [2.05, 4.69) is 28.3 Å². The van der Waals surface area contributed by atoms with E-state index in [1.165, 1.54) is 4.88 Å². The van der Waals surface area contributed by atoms with Crippen LogP contribution in [0.2, 0.25) is 5.28 Å². The van der Waals surface area contributed by atoms with Crippen molar-refractivity contribution in [3.63, 3.8) is 0 Å². The fraction of sp³-hybridized carbons (Fsp3) is 0.250. The van der Waals surface area contributed by atoms with Crippen LogP contribution < -0.4 is 10.1 Å². The molecule has 1 aromatic carbocycles. The monoisotopic (exact) mass is 333 g/mol. The second-order valence-corrected chi connectivity index (χ2v) is 6.41. The van der Waals surface area contributed by atoms with Gasteiger partial charge in [-0.25, -0.2) is 4.98 Å². The molecular formula is C16H16ClN3OS. The standard InChI is InChI=1S/C16H16ClN3OS/c1-4-10-8-11-14(19-16(17)20-15(11)22-10)18-12-7-9(2)5-6-13(12)21-3/h5-8H,4H2,1-3H3,(H,18,19,20). The van der Waals surface area contributed by atoms with Crippen LogP contribution in [0.25, 0.3) is 10.2 Å². The zero-order chi connectivity index (χ0) is 15.7. The lowest BCUT2D eigenvalue weighted by Crippen LogP contribution is -1.98. The number of anilines is 2. The maximum atomic E-state index is 6.06. The first kappa shape index (κ1) is 15.1. The molecule has 6 heteroatoms. The van der Waals surface area contributed by atoms with Crippen LogP contribution in [0.15, 0.2) is 24.3 Å². The lowest BCUT2D eigenvalue weighted by atomic mass is 10.2. The second-order valence-electron chi connectivity index (χ2n) is 4.96. The van der Waals surface area contributed by atoms with Crippen molar-refractivity contribution < 1.29 is 4.74 Å². The van der Waals surface area contributed by atoms with Gasteiger partial charge < -0.3 is 10.1 Å². The van der Waals surface area contributed by atoms with Crippen molar-refractivity contribution in [1.29, 1.82) is 0 Å². The quantitative estimate of drug-likeness (QED) is 0.685. The zero-order valence-corrected chi connectivity index (χ0v) is 14.2. The third kappa shape index (κ3) is 2.87. The molecule has 0 unspecified atom stereocenters. The van der Waals surface area contributed by atoms with Crippen LogP contribution in [-0.2, 0) is 6.42 Å². The van der Waals surface area contributed by atoms with E-state index in [4.69, 9.17) is 16.3 Å². The fourth-order valence-electron chi connectivity index (χ4n) is 2.26. The number of aromatic nitrogens is 2. The van der Waals surface area contributed by atoms with Crippen LogP contribution in [0.3, 0.4) is 0 Å². The number of thiophene rings is 1. The van der Waals surface area contributed by atoms with Crippen molar-refractivity contribution in [1.82, 2.24) is 9.97 Å². The molecule has 0 saturated carbocycles. The average Bonchev–Trinajstić information content (AvgIpc) is 2.90. The molecule has 4 nitrogen and oxygen atoms in total. The highest BCUT2D eigenvalue weighted by Crippen LogP contribution is 2.34. The Hall–Kier alpha value is -1.85. The SMILES string of the molecule is CCc1cc2c(Nc3cc(C)ccc3OC)nc(Cl)nc2s1. The third-order valence-electron chi connectivity index (χ3n) is 3.37. The molecule has 0 fully saturated rings. The van der Waals surface area contributed by atoms with E-state index in [9.17, 15) is 0 Å². The maximum absolute atomic E-state index is 6.06. The molecule has 2 aromatic heterocycles. The molecule has 3 rings (SSSR count). The van der Waals surface area contributed by atoms with Gasteiger partial charge in [0.15, 0.2) is 0 Å². The highest BCUT2D eigenvalue weighted by Gasteiger charge is 2.12. The zero-order valence-electron chi connectivity index (χ0n) is 12.6. The van der Waals surface area contributed by atoms with Gasteiger partial charge in [0.05, 0.1) is 18.2 Å². The first-order chi connectivity index (χ1) is 10.6. The molecule has 0 bridgehead atoms. The van der Waals surface area contributed by atoms with Gasteiger partial charge >= 0.3 is 0 Å². The van der Waals surface area contributed by atoms with E-state index >= 15 is 0 Å². The van der Waals surface area contributed by atoms with Gasteiger partial charge in [-0.05, 0) is 48.7 Å². The molecule has 0 spiro atoms. The van der Waals surface area contributed by atoms with Crippen LogP contribution in [0.1, 0.15) is 17.4 Å². The summed E-state index contributed by atoms with van der Waals surface area (Å²) in [4.78, 5) is 10.8. The lowest BCUT2D eigenvalue weighted by molar-refractivity contribution is 0.416. The number of fused-ring (bicyclic) bond motifs is 1. The molecule has 0 amide bonds. The van der Waals surface area contributed by atoms with E-state index < -0.39 is 0 Å². The van der Waals surface area contributed by atoms with Gasteiger partial charge in [0.1, 0.15) is 16.4 Å². The van der Waals surface area contributed by atoms with Gasteiger partial charge in [0, 0.05) is 4.88 Å². The van der Waals surface area contributed by atoms with Gasteiger partial charge in [-0.1, -0.05) is 13.0 Å². The number of nitrogens with zero attached hydrogens (tertiary/aromatic N) is 2. The molecule has 3 aromatic rings. The van der Waals surface area contributed by atoms with Crippen LogP contribution in [0.5, 0.6) is 5.75 Å². The molecule has 0 atom stereocenters. The predicted octanol–water partition coefficient (Wildman–Crippen LogP) is 4.97. The van der Waals surface area contributed by atoms with Crippen molar-refractivity contribution in [2.75, 3.05) is 12.4 Å². The van der Waals surface area contributed by atoms with Crippen molar-refractivity contribution in [2.24, 2.45) is 0 Å². The molecule has 0 saturated heterocycles. The van der Waals surface area contributed by atoms with Crippen LogP contribution in [0.4, 0.5) is 11.5 Å². The Morgan fingerprint density at radius 1 is 1.27 bits per heavy atom. The fourth-order valence-corrected chi connectivity index (χ4v) is 3.45. The number of nitrogens with one attached hydrogen (secondary N) is 1. The largest absolute Gasteiger partial charge is 0.495 e. The number of ether oxygens (including phenoxy) is 1. The van der Waals surface area contributed by atoms with Gasteiger partial charge in [-0.2, -0.15) is 4.98 Å². The Morgan fingerprint density at radius 2 is 2.09 bits per heavy atom. The van der Waals surface area contributed by atoms with Crippen LogP contribution in [0, 0.1) is 6.92 Å². The maximum Gasteiger partial charge on any atom is 0.225 e. The summed E-state index contributed by atoms with van der Waals surface area (Å²) in [6, 6.07) is 8.07. The summed E-state index contributed by atoms with van der Waals surface area (Å²) >= 11 is 7.70. The van der Waals surface area contributed by atoms with Gasteiger partial charge in [0.25, 0.3) is 0 Å². The molecule has 0 radical (unpaired) electrons. The Balaban J connectivity index is 2.10. The number of hydrogen-bond donors (Lipinski definition) is 1. The van der Waals surface area contributed by atoms with E-state index in [1.807, 2.05) is 25.1 Å². The van der Waals surface area contributed by atoms with Gasteiger partial charge in [-0.3, -0.25) is 0 Å². The van der Waals surface area contributed by atoms with E-state index in [-0.39, 0.29) is 5.28 Å². The Bertz CT molecular complexity index is 832. The molecule has 114 valence electrons. The molecule has 0 aliphatic rings. The van der Waals surface area contributed by atoms with E-state index in [1.54, 1.807) is 18.4 Å². The molecule has 2 heterocycles. The summed E-state index contributed by atoms with van der Waals surface area (Å²) in [6.07, 6.45) is 0.964. The highest BCUT2D eigenvalue weighted by atomic mass is 35.5. The number of methoxy groups -OCH3 is 1. The van der Waals surface area contributed by atoms with Crippen molar-refractivity contribution in [3.8, 4) is 5.75 Å². The molecule has 0 aliphatic carbocycles. The van der Waals surface area contributed by atoms with Crippen molar-refractivity contribution in [3.05, 3.63) is 40.0 Å². The van der Waals surface area contributed by atoms with Gasteiger partial charge in [0.2, 0.25) is 5.28 Å². The number of rotatable bonds is 4. The summed E-state index contributed by atoms with van der Waals surface area (Å²) in [5, 5.41) is 4.55. The third-order valence-corrected chi connectivity index (χ3v) is 4.72. The van der Waals surface area contributed by atoms with E-state index in [0.29, 0.717) is 5.82 Å².